The second kappa shape index (κ2) is 5.79. The molecule has 0 saturated heterocycles. The summed E-state index contributed by atoms with van der Waals surface area (Å²) in [6.07, 6.45) is 1.61. The topological polar surface area (TPSA) is 19.9 Å². The molecule has 0 rings (SSSR count). The third kappa shape index (κ3) is 4.81. The summed E-state index contributed by atoms with van der Waals surface area (Å²) in [7, 11) is 0. The van der Waals surface area contributed by atoms with Gasteiger partial charge in [0.15, 0.2) is 0 Å². The van der Waals surface area contributed by atoms with Crippen LogP contribution in [0.3, 0.4) is 0 Å². The van der Waals surface area contributed by atoms with E-state index in [0.717, 1.165) is 12.2 Å². The maximum Gasteiger partial charge on any atom is 0.0832 e. The first-order chi connectivity index (χ1) is 3.81. The monoisotopic (exact) mass is 151 g/mol. The average molecular weight is 151 g/mol. The molecule has 0 bridgehead atoms. The van der Waals surface area contributed by atoms with E-state index in [1.54, 1.807) is 0 Å². The smallest absolute Gasteiger partial charge is 0.0832 e. The molecule has 49 valence electrons. The van der Waals surface area contributed by atoms with Crippen LogP contribution in [0, 0.1) is 0 Å². The van der Waals surface area contributed by atoms with Crippen LogP contribution in [-0.4, -0.2) is 17.6 Å². The lowest BCUT2D eigenvalue weighted by atomic mass is 10.2. The minimum Gasteiger partial charge on any atom is -0.237 e. The standard InChI is InChI=1S/C5H11OS2/c6-3-1-5(8)2-4-7/h5,7-8H,1-4H2. The Bertz CT molecular complexity index is 43.7. The summed E-state index contributed by atoms with van der Waals surface area (Å²) in [4.78, 5) is 0. The summed E-state index contributed by atoms with van der Waals surface area (Å²) >= 11 is 8.14. The molecular formula is C5H11OS2. The van der Waals surface area contributed by atoms with Crippen LogP contribution in [0.5, 0.6) is 0 Å². The molecule has 0 aliphatic carbocycles. The van der Waals surface area contributed by atoms with Gasteiger partial charge in [0, 0.05) is 5.25 Å². The fourth-order valence-corrected chi connectivity index (χ4v) is 1.18. The summed E-state index contributed by atoms with van der Waals surface area (Å²) < 4.78 is 0. The number of hydrogen-bond acceptors (Lipinski definition) is 2. The predicted octanol–water partition coefficient (Wildman–Crippen LogP) is 1.43. The minimum absolute atomic E-state index is 0.0120. The zero-order valence-corrected chi connectivity index (χ0v) is 6.50. The first-order valence-electron chi connectivity index (χ1n) is 2.68. The Balaban J connectivity index is 2.92. The van der Waals surface area contributed by atoms with Gasteiger partial charge in [-0.2, -0.15) is 25.3 Å². The Kier molecular flexibility index (Phi) is 6.27. The number of rotatable bonds is 4. The van der Waals surface area contributed by atoms with Crippen LogP contribution in [0.15, 0.2) is 0 Å². The van der Waals surface area contributed by atoms with Gasteiger partial charge in [-0.1, -0.05) is 0 Å². The molecule has 0 aliphatic rings. The maximum atomic E-state index is 9.94. The van der Waals surface area contributed by atoms with Gasteiger partial charge in [-0.15, -0.1) is 0 Å². The molecule has 1 radical (unpaired) electrons. The van der Waals surface area contributed by atoms with E-state index in [-0.39, 0.29) is 11.9 Å². The molecule has 0 heterocycles. The van der Waals surface area contributed by atoms with E-state index in [1.165, 1.54) is 0 Å². The first kappa shape index (κ1) is 8.66. The first-order valence-corrected chi connectivity index (χ1v) is 3.83. The highest BCUT2D eigenvalue weighted by molar-refractivity contribution is 7.81. The Morgan fingerprint density at radius 1 is 1.38 bits per heavy atom. The van der Waals surface area contributed by atoms with Crippen LogP contribution < -0.4 is 0 Å². The Morgan fingerprint density at radius 3 is 2.38 bits per heavy atom. The molecule has 0 spiro atoms. The highest BCUT2D eigenvalue weighted by Gasteiger charge is 1.98. The Hall–Kier alpha value is 0.660. The molecule has 0 aromatic rings. The van der Waals surface area contributed by atoms with Gasteiger partial charge in [0.05, 0.1) is 6.61 Å². The van der Waals surface area contributed by atoms with Crippen molar-refractivity contribution < 1.29 is 5.11 Å². The van der Waals surface area contributed by atoms with Crippen molar-refractivity contribution in [2.24, 2.45) is 0 Å². The van der Waals surface area contributed by atoms with Gasteiger partial charge < -0.3 is 0 Å². The van der Waals surface area contributed by atoms with Crippen LogP contribution in [0.1, 0.15) is 12.8 Å². The van der Waals surface area contributed by atoms with E-state index < -0.39 is 0 Å². The molecule has 0 amide bonds. The third-order valence-electron chi connectivity index (χ3n) is 0.913. The normalized spacial score (nSPS) is 13.9. The molecular weight excluding hydrogens is 140 g/mol. The molecule has 0 aromatic carbocycles. The van der Waals surface area contributed by atoms with Crippen LogP contribution in [0.2, 0.25) is 0 Å². The van der Waals surface area contributed by atoms with Gasteiger partial charge in [0.2, 0.25) is 0 Å². The molecule has 0 fully saturated rings. The largest absolute Gasteiger partial charge is 0.237 e. The molecule has 0 saturated carbocycles. The Morgan fingerprint density at radius 2 is 2.00 bits per heavy atom. The molecule has 1 atom stereocenters. The molecule has 8 heavy (non-hydrogen) atoms. The third-order valence-corrected chi connectivity index (χ3v) is 1.69. The van der Waals surface area contributed by atoms with Crippen molar-refractivity contribution in [2.75, 3.05) is 12.4 Å². The second-order valence-corrected chi connectivity index (χ2v) is 2.84. The fraction of sp³-hybridized carbons (Fsp3) is 1.00. The van der Waals surface area contributed by atoms with E-state index in [9.17, 15) is 5.11 Å². The lowest BCUT2D eigenvalue weighted by Gasteiger charge is -2.03. The summed E-state index contributed by atoms with van der Waals surface area (Å²) in [6, 6.07) is 0. The van der Waals surface area contributed by atoms with Crippen molar-refractivity contribution in [1.29, 1.82) is 0 Å². The maximum absolute atomic E-state index is 9.94. The molecule has 0 aliphatic heterocycles. The van der Waals surface area contributed by atoms with Crippen LogP contribution >= 0.6 is 25.3 Å². The van der Waals surface area contributed by atoms with Gasteiger partial charge in [0.1, 0.15) is 0 Å². The van der Waals surface area contributed by atoms with Crippen molar-refractivity contribution >= 4 is 25.3 Å². The number of thiol groups is 2. The van der Waals surface area contributed by atoms with Crippen molar-refractivity contribution in [1.82, 2.24) is 0 Å². The van der Waals surface area contributed by atoms with E-state index >= 15 is 0 Å². The predicted molar refractivity (Wildman–Crippen MR) is 41.4 cm³/mol. The van der Waals surface area contributed by atoms with E-state index in [2.05, 4.69) is 25.3 Å². The van der Waals surface area contributed by atoms with E-state index in [0.29, 0.717) is 6.42 Å². The summed E-state index contributed by atoms with van der Waals surface area (Å²) in [5.74, 6) is 0.828. The van der Waals surface area contributed by atoms with Gasteiger partial charge >= 0.3 is 0 Å². The van der Waals surface area contributed by atoms with E-state index in [4.69, 9.17) is 0 Å². The van der Waals surface area contributed by atoms with Gasteiger partial charge in [0.25, 0.3) is 0 Å². The molecule has 1 unspecified atom stereocenters. The molecule has 0 aromatic heterocycles. The van der Waals surface area contributed by atoms with Crippen LogP contribution in [0.25, 0.3) is 0 Å². The average Bonchev–Trinajstić information content (AvgIpc) is 1.68. The highest BCUT2D eigenvalue weighted by Crippen LogP contribution is 2.05. The van der Waals surface area contributed by atoms with Crippen molar-refractivity contribution in [3.05, 3.63) is 0 Å². The van der Waals surface area contributed by atoms with Gasteiger partial charge in [-0.3, -0.25) is 0 Å². The van der Waals surface area contributed by atoms with Crippen molar-refractivity contribution in [3.63, 3.8) is 0 Å². The van der Waals surface area contributed by atoms with Gasteiger partial charge in [-0.25, -0.2) is 5.11 Å². The van der Waals surface area contributed by atoms with Crippen LogP contribution in [0.4, 0.5) is 0 Å². The number of hydrogen-bond donors (Lipinski definition) is 2. The highest BCUT2D eigenvalue weighted by atomic mass is 32.1. The summed E-state index contributed by atoms with van der Waals surface area (Å²) in [5.41, 5.74) is 0. The van der Waals surface area contributed by atoms with Crippen molar-refractivity contribution in [3.8, 4) is 0 Å². The lowest BCUT2D eigenvalue weighted by Crippen LogP contribution is -2.00. The molecule has 0 N–H and O–H groups in total. The zero-order valence-electron chi connectivity index (χ0n) is 4.71. The summed E-state index contributed by atoms with van der Waals surface area (Å²) in [5, 5.41) is 10.2. The molecule has 1 nitrogen and oxygen atoms in total. The second-order valence-electron chi connectivity index (χ2n) is 1.66. The lowest BCUT2D eigenvalue weighted by molar-refractivity contribution is 0.188. The Labute approximate surface area is 61.3 Å². The summed E-state index contributed by atoms with van der Waals surface area (Å²) in [6.45, 7) is -0.0120. The molecule has 3 heteroatoms. The van der Waals surface area contributed by atoms with Crippen molar-refractivity contribution in [2.45, 2.75) is 18.1 Å². The van der Waals surface area contributed by atoms with Gasteiger partial charge in [-0.05, 0) is 18.6 Å². The zero-order chi connectivity index (χ0) is 6.41. The SMILES string of the molecule is [O]CCC(S)CCS. The van der Waals surface area contributed by atoms with Crippen LogP contribution in [-0.2, 0) is 5.11 Å². The quantitative estimate of drug-likeness (QED) is 0.567. The van der Waals surface area contributed by atoms with E-state index in [1.807, 2.05) is 0 Å². The minimum atomic E-state index is -0.0120. The fourth-order valence-electron chi connectivity index (χ4n) is 0.429.